The highest BCUT2D eigenvalue weighted by Crippen LogP contribution is 2.63. The van der Waals surface area contributed by atoms with Gasteiger partial charge in [0.1, 0.15) is 11.2 Å². The number of allylic oxidation sites excluding steroid dienone is 5. The number of fused-ring (bicyclic) bond motifs is 13. The number of benzene rings is 7. The summed E-state index contributed by atoms with van der Waals surface area (Å²) in [6.45, 7) is 6.34. The molecular formula is C54H34N2O. The van der Waals surface area contributed by atoms with Gasteiger partial charge in [0, 0.05) is 34.1 Å². The zero-order valence-electron chi connectivity index (χ0n) is 31.3. The molecule has 0 aliphatic heterocycles. The van der Waals surface area contributed by atoms with E-state index in [9.17, 15) is 0 Å². The third-order valence-electron chi connectivity index (χ3n) is 12.6. The van der Waals surface area contributed by atoms with Crippen molar-refractivity contribution in [2.75, 3.05) is 0 Å². The molecule has 0 N–H and O–H groups in total. The van der Waals surface area contributed by atoms with Crippen LogP contribution in [0.2, 0.25) is 0 Å². The molecule has 57 heavy (non-hydrogen) atoms. The van der Waals surface area contributed by atoms with Gasteiger partial charge in [-0.3, -0.25) is 9.97 Å². The van der Waals surface area contributed by atoms with Gasteiger partial charge in [-0.25, -0.2) is 0 Å². The number of furan rings is 1. The smallest absolute Gasteiger partial charge is 0.136 e. The fraction of sp³-hybridized carbons (Fsp3) is 0.0370. The second kappa shape index (κ2) is 11.8. The summed E-state index contributed by atoms with van der Waals surface area (Å²) in [5.41, 5.74) is 16.6. The van der Waals surface area contributed by atoms with Gasteiger partial charge in [-0.15, -0.1) is 0 Å². The zero-order chi connectivity index (χ0) is 37.8. The van der Waals surface area contributed by atoms with Gasteiger partial charge < -0.3 is 4.42 Å². The van der Waals surface area contributed by atoms with Crippen molar-refractivity contribution in [2.45, 2.75) is 12.3 Å². The maximum Gasteiger partial charge on any atom is 0.136 e. The predicted octanol–water partition coefficient (Wildman–Crippen LogP) is 14.0. The molecule has 0 fully saturated rings. The Kier molecular flexibility index (Phi) is 6.62. The highest BCUT2D eigenvalue weighted by molar-refractivity contribution is 6.23. The molecule has 12 rings (SSSR count). The van der Waals surface area contributed by atoms with Gasteiger partial charge in [0.05, 0.1) is 16.6 Å². The van der Waals surface area contributed by atoms with Gasteiger partial charge >= 0.3 is 0 Å². The van der Waals surface area contributed by atoms with Crippen molar-refractivity contribution in [1.82, 2.24) is 9.97 Å². The molecule has 3 heterocycles. The first-order valence-electron chi connectivity index (χ1n) is 19.5. The van der Waals surface area contributed by atoms with Crippen LogP contribution in [0.1, 0.15) is 29.2 Å². The molecule has 0 radical (unpaired) electrons. The lowest BCUT2D eigenvalue weighted by atomic mass is 9.69. The molecular weight excluding hydrogens is 693 g/mol. The van der Waals surface area contributed by atoms with Crippen LogP contribution in [0.25, 0.3) is 93.5 Å². The van der Waals surface area contributed by atoms with E-state index in [0.29, 0.717) is 0 Å². The molecule has 3 heteroatoms. The summed E-state index contributed by atoms with van der Waals surface area (Å²) in [6, 6.07) is 53.0. The summed E-state index contributed by atoms with van der Waals surface area (Å²) in [7, 11) is 0. The van der Waals surface area contributed by atoms with E-state index >= 15 is 0 Å². The van der Waals surface area contributed by atoms with Crippen LogP contribution in [-0.4, -0.2) is 9.97 Å². The molecule has 1 atom stereocenters. The molecule has 10 aromatic rings. The lowest BCUT2D eigenvalue weighted by Gasteiger charge is -2.31. The van der Waals surface area contributed by atoms with E-state index in [-0.39, 0.29) is 0 Å². The average Bonchev–Trinajstić information content (AvgIpc) is 3.86. The van der Waals surface area contributed by atoms with Gasteiger partial charge in [-0.05, 0) is 127 Å². The molecule has 0 amide bonds. The topological polar surface area (TPSA) is 38.9 Å². The van der Waals surface area contributed by atoms with Crippen LogP contribution >= 0.6 is 0 Å². The molecule has 0 saturated carbocycles. The molecule has 3 aromatic heterocycles. The lowest BCUT2D eigenvalue weighted by molar-refractivity contribution is 0.668. The van der Waals surface area contributed by atoms with Gasteiger partial charge in [0.15, 0.2) is 0 Å². The standard InChI is InChI=1S/C54H34N2O/c1-3-4-14-34-32(2)54(47-30-44-36-15-9-10-24-49(36)57-50(44)31-43(34)47)45-22-13-28-56-53(45)42-26-25-33(29-46(42)54)51-38-16-5-7-18-40(38)52(41-19-8-6-17-39(41)51)37-20-11-23-48-35(37)21-12-27-55-48/h3-31H,1H2,2H3/b14-4-. The highest BCUT2D eigenvalue weighted by Gasteiger charge is 2.52. The summed E-state index contributed by atoms with van der Waals surface area (Å²) in [4.78, 5) is 9.84. The minimum Gasteiger partial charge on any atom is -0.456 e. The first kappa shape index (κ1) is 31.9. The maximum atomic E-state index is 6.50. The average molecular weight is 727 g/mol. The monoisotopic (exact) mass is 726 g/mol. The Morgan fingerprint density at radius 2 is 1.21 bits per heavy atom. The fourth-order valence-electron chi connectivity index (χ4n) is 10.3. The molecule has 1 unspecified atom stereocenters. The number of para-hydroxylation sites is 1. The van der Waals surface area contributed by atoms with Crippen molar-refractivity contribution in [3.8, 4) is 33.5 Å². The Morgan fingerprint density at radius 3 is 2.00 bits per heavy atom. The molecule has 0 saturated heterocycles. The Bertz CT molecular complexity index is 3390. The van der Waals surface area contributed by atoms with E-state index in [4.69, 9.17) is 14.4 Å². The van der Waals surface area contributed by atoms with E-state index in [0.717, 1.165) is 38.5 Å². The molecule has 2 aliphatic rings. The predicted molar refractivity (Wildman–Crippen MR) is 236 cm³/mol. The minimum absolute atomic E-state index is 0.570. The second-order valence-electron chi connectivity index (χ2n) is 15.3. The van der Waals surface area contributed by atoms with E-state index in [1.165, 1.54) is 82.8 Å². The highest BCUT2D eigenvalue weighted by atomic mass is 16.3. The summed E-state index contributed by atoms with van der Waals surface area (Å²) in [5.74, 6) is 0. The first-order valence-corrected chi connectivity index (χ1v) is 19.5. The largest absolute Gasteiger partial charge is 0.456 e. The van der Waals surface area contributed by atoms with Crippen LogP contribution in [0.15, 0.2) is 193 Å². The van der Waals surface area contributed by atoms with E-state index in [1.807, 2.05) is 36.7 Å². The summed E-state index contributed by atoms with van der Waals surface area (Å²) in [5, 5.41) is 8.27. The van der Waals surface area contributed by atoms with Crippen molar-refractivity contribution >= 4 is 60.0 Å². The Hall–Kier alpha value is -7.36. The van der Waals surface area contributed by atoms with Crippen LogP contribution in [-0.2, 0) is 5.41 Å². The quantitative estimate of drug-likeness (QED) is 0.134. The molecule has 266 valence electrons. The Labute approximate surface area is 329 Å². The van der Waals surface area contributed by atoms with Crippen molar-refractivity contribution in [3.05, 3.63) is 211 Å². The van der Waals surface area contributed by atoms with Crippen LogP contribution in [0, 0.1) is 0 Å². The number of hydrogen-bond acceptors (Lipinski definition) is 3. The van der Waals surface area contributed by atoms with Gasteiger partial charge in [-0.2, -0.15) is 0 Å². The fourth-order valence-corrected chi connectivity index (χ4v) is 10.3. The third kappa shape index (κ3) is 4.20. The van der Waals surface area contributed by atoms with Crippen LogP contribution < -0.4 is 0 Å². The van der Waals surface area contributed by atoms with Gasteiger partial charge in [-0.1, -0.05) is 128 Å². The third-order valence-corrected chi connectivity index (χ3v) is 12.6. The summed E-state index contributed by atoms with van der Waals surface area (Å²) in [6.07, 6.45) is 9.92. The van der Waals surface area contributed by atoms with E-state index in [1.54, 1.807) is 0 Å². The van der Waals surface area contributed by atoms with E-state index < -0.39 is 5.41 Å². The number of nitrogens with zero attached hydrogens (tertiary/aromatic N) is 2. The number of rotatable bonds is 4. The molecule has 0 bridgehead atoms. The molecule has 7 aromatic carbocycles. The summed E-state index contributed by atoms with van der Waals surface area (Å²) < 4.78 is 6.50. The molecule has 3 nitrogen and oxygen atoms in total. The van der Waals surface area contributed by atoms with Gasteiger partial charge in [0.2, 0.25) is 0 Å². The maximum absolute atomic E-state index is 6.50. The second-order valence-corrected chi connectivity index (χ2v) is 15.3. The zero-order valence-corrected chi connectivity index (χ0v) is 31.3. The van der Waals surface area contributed by atoms with Crippen molar-refractivity contribution < 1.29 is 4.42 Å². The SMILES string of the molecule is C=C/C=C\C1=C(C)C2(c3cc4c(cc31)oc1ccccc14)c1cc(-c3c4ccccc4c(-c4cccc5ncccc45)c4ccccc34)ccc1-c1ncccc12. The van der Waals surface area contributed by atoms with Crippen molar-refractivity contribution in [2.24, 2.45) is 0 Å². The van der Waals surface area contributed by atoms with Crippen molar-refractivity contribution in [3.63, 3.8) is 0 Å². The number of hydrogen-bond donors (Lipinski definition) is 0. The van der Waals surface area contributed by atoms with E-state index in [2.05, 4.69) is 153 Å². The normalized spacial score (nSPS) is 15.8. The minimum atomic E-state index is -0.570. The Morgan fingerprint density at radius 1 is 0.526 bits per heavy atom. The number of pyridine rings is 2. The lowest BCUT2D eigenvalue weighted by Crippen LogP contribution is -2.26. The number of aromatic nitrogens is 2. The van der Waals surface area contributed by atoms with Crippen molar-refractivity contribution in [1.29, 1.82) is 0 Å². The Balaban J connectivity index is 1.19. The van der Waals surface area contributed by atoms with Crippen LogP contribution in [0.5, 0.6) is 0 Å². The van der Waals surface area contributed by atoms with Crippen LogP contribution in [0.3, 0.4) is 0 Å². The van der Waals surface area contributed by atoms with Gasteiger partial charge in [0.25, 0.3) is 0 Å². The molecule has 1 spiro atoms. The molecule has 2 aliphatic carbocycles. The summed E-state index contributed by atoms with van der Waals surface area (Å²) >= 11 is 0. The van der Waals surface area contributed by atoms with Crippen LogP contribution in [0.4, 0.5) is 0 Å². The first-order chi connectivity index (χ1) is 28.2.